The molecule has 5 rings (SSSR count). The number of amides is 3. The zero-order valence-electron chi connectivity index (χ0n) is 22.3. The van der Waals surface area contributed by atoms with E-state index < -0.39 is 22.6 Å². The largest absolute Gasteiger partial charge is 0.494 e. The van der Waals surface area contributed by atoms with Gasteiger partial charge in [0, 0.05) is 36.6 Å². The number of hydrogen-bond donors (Lipinski definition) is 1. The van der Waals surface area contributed by atoms with Gasteiger partial charge in [0.15, 0.2) is 0 Å². The van der Waals surface area contributed by atoms with Crippen LogP contribution in [0.3, 0.4) is 0 Å². The van der Waals surface area contributed by atoms with Crippen LogP contribution in [0, 0.1) is 11.8 Å². The van der Waals surface area contributed by atoms with Gasteiger partial charge in [0.05, 0.1) is 29.8 Å². The summed E-state index contributed by atoms with van der Waals surface area (Å²) < 4.78 is 4.70. The van der Waals surface area contributed by atoms with Gasteiger partial charge in [-0.15, -0.1) is 11.8 Å². The maximum absolute atomic E-state index is 14.2. The fourth-order valence-corrected chi connectivity index (χ4v) is 8.60. The summed E-state index contributed by atoms with van der Waals surface area (Å²) >= 11 is 1.56. The number of nitrogens with zero attached hydrogens (tertiary/aromatic N) is 3. The third kappa shape index (κ3) is 4.24. The van der Waals surface area contributed by atoms with Crippen molar-refractivity contribution in [3.8, 4) is 5.75 Å². The summed E-state index contributed by atoms with van der Waals surface area (Å²) in [6.07, 6.45) is 9.88. The first-order valence-corrected chi connectivity index (χ1v) is 14.5. The number of benzene rings is 1. The average Bonchev–Trinajstić information content (AvgIpc) is 3.20. The molecule has 0 bridgehead atoms. The molecule has 1 aromatic carbocycles. The molecule has 4 aliphatic heterocycles. The molecular formula is C29H37N3O5S. The van der Waals surface area contributed by atoms with Gasteiger partial charge in [0.1, 0.15) is 11.8 Å². The van der Waals surface area contributed by atoms with Crippen molar-refractivity contribution in [2.75, 3.05) is 37.7 Å². The molecule has 4 aliphatic rings. The summed E-state index contributed by atoms with van der Waals surface area (Å²) in [6, 6.07) is 6.72. The Morgan fingerprint density at radius 1 is 1.08 bits per heavy atom. The first kappa shape index (κ1) is 26.8. The van der Waals surface area contributed by atoms with Gasteiger partial charge in [-0.05, 0) is 44.5 Å². The van der Waals surface area contributed by atoms with Crippen LogP contribution in [-0.4, -0.2) is 87.6 Å². The number of carbonyl (C=O) groups excluding carboxylic acids is 3. The number of thioether (sulfide) groups is 1. The Labute approximate surface area is 228 Å². The molecule has 3 amide bonds. The van der Waals surface area contributed by atoms with E-state index in [1.165, 1.54) is 0 Å². The van der Waals surface area contributed by atoms with Gasteiger partial charge < -0.3 is 24.5 Å². The SMILES string of the molecule is CCCC(C)N1CC=C[C@]23S[C@@H]4C=CCN(c5ccc(OCC)cc5)C(=O)[C@@H]4[C@H]2C(=O)N(CCO)C3C1=O. The van der Waals surface area contributed by atoms with E-state index >= 15 is 0 Å². The van der Waals surface area contributed by atoms with Crippen LogP contribution in [0.2, 0.25) is 0 Å². The minimum Gasteiger partial charge on any atom is -0.494 e. The number of aliphatic hydroxyl groups is 1. The molecule has 8 nitrogen and oxygen atoms in total. The van der Waals surface area contributed by atoms with Crippen molar-refractivity contribution in [2.45, 2.75) is 55.7 Å². The molecule has 0 aromatic heterocycles. The van der Waals surface area contributed by atoms with E-state index in [4.69, 9.17) is 4.74 Å². The summed E-state index contributed by atoms with van der Waals surface area (Å²) in [5.74, 6) is -0.985. The molecule has 0 aliphatic carbocycles. The Balaban J connectivity index is 1.53. The van der Waals surface area contributed by atoms with Gasteiger partial charge >= 0.3 is 0 Å². The van der Waals surface area contributed by atoms with Crippen LogP contribution in [-0.2, 0) is 14.4 Å². The molecule has 1 spiro atoms. The highest BCUT2D eigenvalue weighted by molar-refractivity contribution is 8.02. The van der Waals surface area contributed by atoms with E-state index in [9.17, 15) is 19.5 Å². The summed E-state index contributed by atoms with van der Waals surface area (Å²) in [5.41, 5.74) is 0.746. The van der Waals surface area contributed by atoms with Gasteiger partial charge in [-0.2, -0.15) is 0 Å². The van der Waals surface area contributed by atoms with Gasteiger partial charge in [0.25, 0.3) is 0 Å². The third-order valence-corrected chi connectivity index (χ3v) is 9.97. The van der Waals surface area contributed by atoms with Gasteiger partial charge in [-0.25, -0.2) is 0 Å². The number of carbonyl (C=O) groups is 3. The monoisotopic (exact) mass is 539 g/mol. The number of aliphatic hydroxyl groups excluding tert-OH is 1. The first-order valence-electron chi connectivity index (χ1n) is 13.7. The number of rotatable bonds is 8. The van der Waals surface area contributed by atoms with Crippen molar-refractivity contribution in [1.82, 2.24) is 9.80 Å². The summed E-state index contributed by atoms with van der Waals surface area (Å²) in [7, 11) is 0. The lowest BCUT2D eigenvalue weighted by atomic mass is 9.78. The molecule has 1 N–H and O–H groups in total. The predicted octanol–water partition coefficient (Wildman–Crippen LogP) is 2.86. The average molecular weight is 540 g/mol. The lowest BCUT2D eigenvalue weighted by Crippen LogP contribution is -2.55. The van der Waals surface area contributed by atoms with Crippen LogP contribution in [0.25, 0.3) is 0 Å². The highest BCUT2D eigenvalue weighted by atomic mass is 32.2. The maximum atomic E-state index is 14.2. The Hall–Kier alpha value is -2.78. The van der Waals surface area contributed by atoms with Crippen molar-refractivity contribution in [1.29, 1.82) is 0 Å². The standard InChI is InChI=1S/C29H37N3O5S/c1-4-8-19(3)30-16-7-14-29-24(27(35)32(17-18-33)25(29)28(30)36)23-22(38-29)9-6-15-31(26(23)34)20-10-12-21(13-11-20)37-5-2/h6-7,9-14,19,22-25,33H,4-5,8,15-18H2,1-3H3/t19?,22-,23+,24+,25?,29+/m1/s1. The zero-order chi connectivity index (χ0) is 27.0. The molecule has 2 unspecified atom stereocenters. The Morgan fingerprint density at radius 3 is 2.53 bits per heavy atom. The Bertz CT molecular complexity index is 1140. The van der Waals surface area contributed by atoms with Gasteiger partial charge in [0.2, 0.25) is 17.7 Å². The molecule has 0 radical (unpaired) electrons. The second-order valence-electron chi connectivity index (χ2n) is 10.4. The van der Waals surface area contributed by atoms with Crippen molar-refractivity contribution < 1.29 is 24.2 Å². The minimum atomic E-state index is -0.860. The molecule has 9 heteroatoms. The molecule has 2 saturated heterocycles. The molecular weight excluding hydrogens is 502 g/mol. The Kier molecular flexibility index (Phi) is 7.60. The second-order valence-corrected chi connectivity index (χ2v) is 11.9. The summed E-state index contributed by atoms with van der Waals surface area (Å²) in [4.78, 5) is 47.5. The molecule has 0 saturated carbocycles. The number of β-amino-alcohol motifs (C(OH)–C–C–N with tert-alkyl or cyclic N) is 1. The van der Waals surface area contributed by atoms with E-state index in [1.54, 1.807) is 21.6 Å². The van der Waals surface area contributed by atoms with Crippen molar-refractivity contribution >= 4 is 35.2 Å². The Morgan fingerprint density at radius 2 is 1.84 bits per heavy atom. The number of fused-ring (bicyclic) bond motifs is 2. The summed E-state index contributed by atoms with van der Waals surface area (Å²) in [5, 5.41) is 9.63. The van der Waals surface area contributed by atoms with E-state index in [1.807, 2.05) is 67.3 Å². The smallest absolute Gasteiger partial charge is 0.247 e. The second kappa shape index (κ2) is 10.8. The van der Waals surface area contributed by atoms with Crippen LogP contribution < -0.4 is 9.64 Å². The number of anilines is 1. The van der Waals surface area contributed by atoms with Gasteiger partial charge in [-0.1, -0.05) is 37.6 Å². The molecule has 38 heavy (non-hydrogen) atoms. The van der Waals surface area contributed by atoms with E-state index in [2.05, 4.69) is 6.92 Å². The molecule has 2 fully saturated rings. The quantitative estimate of drug-likeness (QED) is 0.511. The van der Waals surface area contributed by atoms with Crippen LogP contribution in [0.5, 0.6) is 5.75 Å². The highest BCUT2D eigenvalue weighted by Crippen LogP contribution is 2.61. The third-order valence-electron chi connectivity index (χ3n) is 8.23. The van der Waals surface area contributed by atoms with Crippen LogP contribution >= 0.6 is 11.8 Å². The van der Waals surface area contributed by atoms with Gasteiger partial charge in [-0.3, -0.25) is 14.4 Å². The molecule has 4 heterocycles. The summed E-state index contributed by atoms with van der Waals surface area (Å²) in [6.45, 7) is 7.35. The van der Waals surface area contributed by atoms with E-state index in [-0.39, 0.29) is 42.2 Å². The van der Waals surface area contributed by atoms with Crippen LogP contribution in [0.4, 0.5) is 5.69 Å². The topological polar surface area (TPSA) is 90.4 Å². The lowest BCUT2D eigenvalue weighted by molar-refractivity contribution is -0.144. The van der Waals surface area contributed by atoms with Crippen molar-refractivity contribution in [2.24, 2.45) is 11.8 Å². The van der Waals surface area contributed by atoms with Crippen LogP contribution in [0.15, 0.2) is 48.6 Å². The fourth-order valence-electron chi connectivity index (χ4n) is 6.59. The first-order chi connectivity index (χ1) is 18.4. The molecule has 6 atom stereocenters. The van der Waals surface area contributed by atoms with Crippen molar-refractivity contribution in [3.63, 3.8) is 0 Å². The maximum Gasteiger partial charge on any atom is 0.247 e. The molecule has 1 aromatic rings. The lowest BCUT2D eigenvalue weighted by Gasteiger charge is -2.37. The number of likely N-dealkylation sites (tertiary alicyclic amines) is 1. The molecule has 204 valence electrons. The highest BCUT2D eigenvalue weighted by Gasteiger charge is 2.71. The zero-order valence-corrected chi connectivity index (χ0v) is 23.1. The van der Waals surface area contributed by atoms with Crippen molar-refractivity contribution in [3.05, 3.63) is 48.6 Å². The van der Waals surface area contributed by atoms with Crippen LogP contribution in [0.1, 0.15) is 33.6 Å². The van der Waals surface area contributed by atoms with E-state index in [0.717, 1.165) is 24.3 Å². The normalized spacial score (nSPS) is 31.2. The van der Waals surface area contributed by atoms with E-state index in [0.29, 0.717) is 19.7 Å². The number of ether oxygens (including phenoxy) is 1. The minimum absolute atomic E-state index is 0.0333. The fraction of sp³-hybridized carbons (Fsp3) is 0.552. The predicted molar refractivity (Wildman–Crippen MR) is 148 cm³/mol. The number of hydrogen-bond acceptors (Lipinski definition) is 6.